The van der Waals surface area contributed by atoms with Crippen molar-refractivity contribution in [3.63, 3.8) is 0 Å². The van der Waals surface area contributed by atoms with E-state index in [-0.39, 0.29) is 24.0 Å². The van der Waals surface area contributed by atoms with Crippen LogP contribution < -0.4 is 10.6 Å². The zero-order chi connectivity index (χ0) is 13.2. The molecule has 4 nitrogen and oxygen atoms in total. The lowest BCUT2D eigenvalue weighted by molar-refractivity contribution is 0.399. The van der Waals surface area contributed by atoms with Crippen LogP contribution in [0.4, 0.5) is 0 Å². The van der Waals surface area contributed by atoms with Crippen molar-refractivity contribution in [2.75, 3.05) is 34.2 Å². The fraction of sp³-hybridized carbons (Fsp3) is 0.500. The summed E-state index contributed by atoms with van der Waals surface area (Å²) in [4.78, 5) is 6.38. The average molecular weight is 376 g/mol. The predicted octanol–water partition coefficient (Wildman–Crippen LogP) is 1.92. The van der Waals surface area contributed by atoms with Gasteiger partial charge in [0, 0.05) is 20.1 Å². The molecule has 1 rings (SSSR count). The number of halogens is 1. The number of nitrogens with one attached hydrogen (secondary N) is 2. The fourth-order valence-corrected chi connectivity index (χ4v) is 1.60. The first kappa shape index (κ1) is 18.2. The molecule has 0 aliphatic carbocycles. The van der Waals surface area contributed by atoms with Crippen molar-refractivity contribution in [2.24, 2.45) is 4.99 Å². The Kier molecular flexibility index (Phi) is 10.6. The molecule has 0 amide bonds. The zero-order valence-corrected chi connectivity index (χ0v) is 14.3. The Hall–Kier alpha value is -0.820. The van der Waals surface area contributed by atoms with Crippen molar-refractivity contribution in [3.05, 3.63) is 35.9 Å². The van der Waals surface area contributed by atoms with E-state index in [0.717, 1.165) is 32.0 Å². The highest BCUT2D eigenvalue weighted by atomic mass is 127. The van der Waals surface area contributed by atoms with Crippen molar-refractivity contribution < 1.29 is 0 Å². The number of nitrogens with zero attached hydrogens (tertiary/aromatic N) is 2. The van der Waals surface area contributed by atoms with E-state index in [2.05, 4.69) is 46.8 Å². The van der Waals surface area contributed by atoms with Crippen LogP contribution in [-0.4, -0.2) is 45.1 Å². The van der Waals surface area contributed by atoms with Gasteiger partial charge in [0.15, 0.2) is 5.96 Å². The molecule has 108 valence electrons. The van der Waals surface area contributed by atoms with Crippen LogP contribution in [0.3, 0.4) is 0 Å². The Balaban J connectivity index is 0.00000324. The van der Waals surface area contributed by atoms with Gasteiger partial charge in [0.1, 0.15) is 0 Å². The molecule has 5 heteroatoms. The lowest BCUT2D eigenvalue weighted by Crippen LogP contribution is -2.38. The van der Waals surface area contributed by atoms with Gasteiger partial charge in [0.05, 0.1) is 0 Å². The second-order valence-electron chi connectivity index (χ2n) is 4.49. The number of hydrogen-bond acceptors (Lipinski definition) is 2. The minimum Gasteiger partial charge on any atom is -0.356 e. The summed E-state index contributed by atoms with van der Waals surface area (Å²) in [5, 5.41) is 6.61. The lowest BCUT2D eigenvalue weighted by Gasteiger charge is -2.13. The second-order valence-corrected chi connectivity index (χ2v) is 4.49. The summed E-state index contributed by atoms with van der Waals surface area (Å²) in [6, 6.07) is 10.3. The molecule has 0 aliphatic rings. The summed E-state index contributed by atoms with van der Waals surface area (Å²) in [6.45, 7) is 2.82. The zero-order valence-electron chi connectivity index (χ0n) is 12.0. The van der Waals surface area contributed by atoms with Gasteiger partial charge in [-0.25, -0.2) is 0 Å². The molecule has 0 saturated carbocycles. The Labute approximate surface area is 133 Å². The molecule has 0 atom stereocenters. The molecule has 0 unspecified atom stereocenters. The van der Waals surface area contributed by atoms with E-state index in [9.17, 15) is 0 Å². The van der Waals surface area contributed by atoms with Gasteiger partial charge in [0.25, 0.3) is 0 Å². The number of benzene rings is 1. The van der Waals surface area contributed by atoms with E-state index in [4.69, 9.17) is 0 Å². The second kappa shape index (κ2) is 11.0. The molecule has 0 aromatic heterocycles. The standard InChI is InChI=1S/C14H24N4.HI/c1-15-14(16-10-7-11-18(2)3)17-12-13-8-5-4-6-9-13;/h4-6,8-9H,7,10-12H2,1-3H3,(H2,15,16,17);1H. The van der Waals surface area contributed by atoms with Crippen LogP contribution in [0.15, 0.2) is 35.3 Å². The smallest absolute Gasteiger partial charge is 0.191 e. The maximum Gasteiger partial charge on any atom is 0.191 e. The number of aliphatic imine (C=N–C) groups is 1. The number of rotatable bonds is 6. The van der Waals surface area contributed by atoms with Gasteiger partial charge in [-0.1, -0.05) is 30.3 Å². The summed E-state index contributed by atoms with van der Waals surface area (Å²) >= 11 is 0. The van der Waals surface area contributed by atoms with Gasteiger partial charge in [-0.15, -0.1) is 24.0 Å². The minimum atomic E-state index is 0. The van der Waals surface area contributed by atoms with Crippen LogP contribution in [-0.2, 0) is 6.54 Å². The van der Waals surface area contributed by atoms with Crippen molar-refractivity contribution in [2.45, 2.75) is 13.0 Å². The predicted molar refractivity (Wildman–Crippen MR) is 93.2 cm³/mol. The van der Waals surface area contributed by atoms with Gasteiger partial charge < -0.3 is 15.5 Å². The monoisotopic (exact) mass is 376 g/mol. The Morgan fingerprint density at radius 1 is 1.16 bits per heavy atom. The molecule has 0 bridgehead atoms. The lowest BCUT2D eigenvalue weighted by atomic mass is 10.2. The summed E-state index contributed by atoms with van der Waals surface area (Å²) in [7, 11) is 5.97. The number of hydrogen-bond donors (Lipinski definition) is 2. The van der Waals surface area contributed by atoms with E-state index in [1.54, 1.807) is 7.05 Å². The molecular weight excluding hydrogens is 351 g/mol. The topological polar surface area (TPSA) is 39.7 Å². The van der Waals surface area contributed by atoms with Crippen molar-refractivity contribution in [3.8, 4) is 0 Å². The van der Waals surface area contributed by atoms with E-state index in [1.807, 2.05) is 18.2 Å². The molecule has 1 aromatic carbocycles. The summed E-state index contributed by atoms with van der Waals surface area (Å²) in [6.07, 6.45) is 1.11. The van der Waals surface area contributed by atoms with E-state index in [1.165, 1.54) is 5.56 Å². The molecule has 0 aliphatic heterocycles. The highest BCUT2D eigenvalue weighted by Crippen LogP contribution is 1.96. The Morgan fingerprint density at radius 2 is 1.84 bits per heavy atom. The van der Waals surface area contributed by atoms with Gasteiger partial charge in [-0.2, -0.15) is 0 Å². The molecule has 0 radical (unpaired) electrons. The summed E-state index contributed by atoms with van der Waals surface area (Å²) in [5.74, 6) is 0.859. The molecule has 0 fully saturated rings. The maximum absolute atomic E-state index is 4.20. The van der Waals surface area contributed by atoms with Crippen LogP contribution in [0, 0.1) is 0 Å². The third-order valence-corrected chi connectivity index (χ3v) is 2.60. The van der Waals surface area contributed by atoms with Gasteiger partial charge in [-0.05, 0) is 32.6 Å². The van der Waals surface area contributed by atoms with E-state index in [0.29, 0.717) is 0 Å². The normalized spacial score (nSPS) is 11.1. The van der Waals surface area contributed by atoms with Crippen LogP contribution >= 0.6 is 24.0 Å². The first-order chi connectivity index (χ1) is 8.72. The Bertz CT molecular complexity index is 352. The average Bonchev–Trinajstić information content (AvgIpc) is 2.39. The van der Waals surface area contributed by atoms with Crippen molar-refractivity contribution in [1.82, 2.24) is 15.5 Å². The van der Waals surface area contributed by atoms with Gasteiger partial charge >= 0.3 is 0 Å². The van der Waals surface area contributed by atoms with Crippen molar-refractivity contribution in [1.29, 1.82) is 0 Å². The van der Waals surface area contributed by atoms with Crippen LogP contribution in [0.25, 0.3) is 0 Å². The summed E-state index contributed by atoms with van der Waals surface area (Å²) < 4.78 is 0. The molecule has 0 heterocycles. The first-order valence-corrected chi connectivity index (χ1v) is 6.35. The van der Waals surface area contributed by atoms with Crippen LogP contribution in [0.2, 0.25) is 0 Å². The number of guanidine groups is 1. The van der Waals surface area contributed by atoms with Gasteiger partial charge in [0.2, 0.25) is 0 Å². The molecular formula is C14H25IN4. The highest BCUT2D eigenvalue weighted by molar-refractivity contribution is 14.0. The molecule has 0 spiro atoms. The van der Waals surface area contributed by atoms with Crippen molar-refractivity contribution >= 4 is 29.9 Å². The van der Waals surface area contributed by atoms with Crippen LogP contribution in [0.1, 0.15) is 12.0 Å². The highest BCUT2D eigenvalue weighted by Gasteiger charge is 1.97. The molecule has 1 aromatic rings. The minimum absolute atomic E-state index is 0. The molecule has 2 N–H and O–H groups in total. The molecule has 19 heavy (non-hydrogen) atoms. The molecule has 0 saturated heterocycles. The third-order valence-electron chi connectivity index (χ3n) is 2.60. The fourth-order valence-electron chi connectivity index (χ4n) is 1.60. The Morgan fingerprint density at radius 3 is 2.42 bits per heavy atom. The largest absolute Gasteiger partial charge is 0.356 e. The maximum atomic E-state index is 4.20. The van der Waals surface area contributed by atoms with Crippen LogP contribution in [0.5, 0.6) is 0 Å². The quantitative estimate of drug-likeness (QED) is 0.345. The summed E-state index contributed by atoms with van der Waals surface area (Å²) in [5.41, 5.74) is 1.26. The third kappa shape index (κ3) is 8.83. The van der Waals surface area contributed by atoms with E-state index < -0.39 is 0 Å². The first-order valence-electron chi connectivity index (χ1n) is 6.35. The van der Waals surface area contributed by atoms with E-state index >= 15 is 0 Å². The SMILES string of the molecule is CN=C(NCCCN(C)C)NCc1ccccc1.I. The van der Waals surface area contributed by atoms with Gasteiger partial charge in [-0.3, -0.25) is 4.99 Å².